The third-order valence-electron chi connectivity index (χ3n) is 2.30. The number of hydrogen-bond acceptors (Lipinski definition) is 4. The number of aromatic nitrogens is 1. The van der Waals surface area contributed by atoms with Gasteiger partial charge in [-0.05, 0) is 32.4 Å². The van der Waals surface area contributed by atoms with Crippen molar-refractivity contribution in [3.63, 3.8) is 0 Å². The van der Waals surface area contributed by atoms with Crippen LogP contribution in [0.25, 0.3) is 0 Å². The summed E-state index contributed by atoms with van der Waals surface area (Å²) in [6, 6.07) is 2.60. The molecule has 0 saturated heterocycles. The van der Waals surface area contributed by atoms with Crippen molar-refractivity contribution in [3.05, 3.63) is 29.6 Å². The average molecular weight is 266 g/mol. The standard InChI is InChI=1S/C13H18N2O4/c1-9(2)19-7-3-5-15-12(16)11-8-10(13(17)18)4-6-14-11/h4,6,8-9H,3,5,7H2,1-2H3,(H,15,16)(H,17,18). The van der Waals surface area contributed by atoms with Crippen molar-refractivity contribution in [2.45, 2.75) is 26.4 Å². The van der Waals surface area contributed by atoms with Gasteiger partial charge >= 0.3 is 5.97 Å². The fourth-order valence-electron chi connectivity index (χ4n) is 1.37. The van der Waals surface area contributed by atoms with Gasteiger partial charge in [0.1, 0.15) is 5.69 Å². The molecule has 0 fully saturated rings. The Labute approximate surface area is 111 Å². The minimum atomic E-state index is -1.08. The Morgan fingerprint density at radius 2 is 2.21 bits per heavy atom. The number of carbonyl (C=O) groups excluding carboxylic acids is 1. The number of ether oxygens (including phenoxy) is 1. The van der Waals surface area contributed by atoms with Crippen LogP contribution in [0.4, 0.5) is 0 Å². The Bertz CT molecular complexity index is 446. The Kier molecular flexibility index (Phi) is 5.95. The molecule has 1 aromatic heterocycles. The number of carboxylic acids is 1. The number of amides is 1. The Morgan fingerprint density at radius 1 is 1.47 bits per heavy atom. The van der Waals surface area contributed by atoms with Crippen molar-refractivity contribution in [1.82, 2.24) is 10.3 Å². The lowest BCUT2D eigenvalue weighted by Crippen LogP contribution is -2.26. The molecule has 0 aliphatic carbocycles. The van der Waals surface area contributed by atoms with Crippen molar-refractivity contribution >= 4 is 11.9 Å². The van der Waals surface area contributed by atoms with Gasteiger partial charge < -0.3 is 15.2 Å². The van der Waals surface area contributed by atoms with Crippen molar-refractivity contribution in [1.29, 1.82) is 0 Å². The third-order valence-corrected chi connectivity index (χ3v) is 2.30. The van der Waals surface area contributed by atoms with E-state index in [0.29, 0.717) is 19.6 Å². The molecular formula is C13H18N2O4. The first-order valence-corrected chi connectivity index (χ1v) is 6.10. The van der Waals surface area contributed by atoms with Crippen LogP contribution < -0.4 is 5.32 Å². The number of pyridine rings is 1. The van der Waals surface area contributed by atoms with E-state index in [1.54, 1.807) is 0 Å². The highest BCUT2D eigenvalue weighted by Crippen LogP contribution is 2.01. The fourth-order valence-corrected chi connectivity index (χ4v) is 1.37. The van der Waals surface area contributed by atoms with Gasteiger partial charge in [-0.3, -0.25) is 9.78 Å². The number of nitrogens with zero attached hydrogens (tertiary/aromatic N) is 1. The van der Waals surface area contributed by atoms with Crippen LogP contribution in [0.15, 0.2) is 18.3 Å². The number of rotatable bonds is 7. The summed E-state index contributed by atoms with van der Waals surface area (Å²) in [5, 5.41) is 11.5. The van der Waals surface area contributed by atoms with Crippen LogP contribution in [-0.2, 0) is 4.74 Å². The maximum atomic E-state index is 11.7. The monoisotopic (exact) mass is 266 g/mol. The number of hydrogen-bond donors (Lipinski definition) is 2. The molecule has 1 heterocycles. The van der Waals surface area contributed by atoms with E-state index in [-0.39, 0.29) is 23.3 Å². The smallest absolute Gasteiger partial charge is 0.335 e. The van der Waals surface area contributed by atoms with E-state index >= 15 is 0 Å². The highest BCUT2D eigenvalue weighted by atomic mass is 16.5. The average Bonchev–Trinajstić information content (AvgIpc) is 2.37. The zero-order valence-corrected chi connectivity index (χ0v) is 11.0. The maximum Gasteiger partial charge on any atom is 0.335 e. The second kappa shape index (κ2) is 7.48. The van der Waals surface area contributed by atoms with Crippen LogP contribution in [0.2, 0.25) is 0 Å². The molecule has 0 radical (unpaired) electrons. The normalized spacial score (nSPS) is 10.5. The van der Waals surface area contributed by atoms with Crippen molar-refractivity contribution in [3.8, 4) is 0 Å². The molecule has 0 bridgehead atoms. The van der Waals surface area contributed by atoms with Crippen molar-refractivity contribution in [2.24, 2.45) is 0 Å². The molecular weight excluding hydrogens is 248 g/mol. The number of carboxylic acid groups (broad SMARTS) is 1. The van der Waals surface area contributed by atoms with Gasteiger partial charge in [0.25, 0.3) is 5.91 Å². The summed E-state index contributed by atoms with van der Waals surface area (Å²) >= 11 is 0. The van der Waals surface area contributed by atoms with Crippen LogP contribution in [0, 0.1) is 0 Å². The molecule has 1 rings (SSSR count). The van der Waals surface area contributed by atoms with Crippen LogP contribution >= 0.6 is 0 Å². The van der Waals surface area contributed by atoms with Gasteiger partial charge in [0.2, 0.25) is 0 Å². The van der Waals surface area contributed by atoms with E-state index in [1.165, 1.54) is 18.3 Å². The lowest BCUT2D eigenvalue weighted by Gasteiger charge is -2.08. The van der Waals surface area contributed by atoms with Gasteiger partial charge in [0.05, 0.1) is 11.7 Å². The molecule has 2 N–H and O–H groups in total. The molecule has 0 aliphatic heterocycles. The van der Waals surface area contributed by atoms with Gasteiger partial charge in [-0.1, -0.05) is 0 Å². The van der Waals surface area contributed by atoms with Gasteiger partial charge in [0, 0.05) is 19.3 Å². The Balaban J connectivity index is 2.41. The first-order valence-electron chi connectivity index (χ1n) is 6.10. The van der Waals surface area contributed by atoms with E-state index < -0.39 is 5.97 Å². The van der Waals surface area contributed by atoms with Crippen LogP contribution in [0.1, 0.15) is 41.1 Å². The summed E-state index contributed by atoms with van der Waals surface area (Å²) in [6.45, 7) is 4.92. The summed E-state index contributed by atoms with van der Waals surface area (Å²) in [7, 11) is 0. The first kappa shape index (κ1) is 15.1. The minimum Gasteiger partial charge on any atom is -0.478 e. The van der Waals surface area contributed by atoms with Crippen molar-refractivity contribution < 1.29 is 19.4 Å². The van der Waals surface area contributed by atoms with Gasteiger partial charge in [-0.25, -0.2) is 4.79 Å². The van der Waals surface area contributed by atoms with E-state index in [0.717, 1.165) is 0 Å². The van der Waals surface area contributed by atoms with E-state index in [2.05, 4.69) is 10.3 Å². The number of aromatic carboxylic acids is 1. The number of nitrogens with one attached hydrogen (secondary N) is 1. The Morgan fingerprint density at radius 3 is 2.84 bits per heavy atom. The highest BCUT2D eigenvalue weighted by Gasteiger charge is 2.10. The lowest BCUT2D eigenvalue weighted by molar-refractivity contribution is 0.0696. The van der Waals surface area contributed by atoms with E-state index in [1.807, 2.05) is 13.8 Å². The Hall–Kier alpha value is -1.95. The van der Waals surface area contributed by atoms with Crippen molar-refractivity contribution in [2.75, 3.05) is 13.2 Å². The molecule has 0 atom stereocenters. The predicted octanol–water partition coefficient (Wildman–Crippen LogP) is 1.32. The van der Waals surface area contributed by atoms with Crippen LogP contribution in [0.5, 0.6) is 0 Å². The third kappa shape index (κ3) is 5.48. The second-order valence-electron chi connectivity index (χ2n) is 4.26. The second-order valence-corrected chi connectivity index (χ2v) is 4.26. The molecule has 1 aromatic rings. The maximum absolute atomic E-state index is 11.7. The molecule has 0 unspecified atom stereocenters. The summed E-state index contributed by atoms with van der Waals surface area (Å²) < 4.78 is 5.34. The molecule has 0 spiro atoms. The molecule has 0 saturated carbocycles. The summed E-state index contributed by atoms with van der Waals surface area (Å²) in [5.41, 5.74) is 0.146. The first-order chi connectivity index (χ1) is 9.00. The quantitative estimate of drug-likeness (QED) is 0.727. The van der Waals surface area contributed by atoms with Gasteiger partial charge in [-0.15, -0.1) is 0 Å². The minimum absolute atomic E-state index is 0.0447. The summed E-state index contributed by atoms with van der Waals surface area (Å²) in [4.78, 5) is 26.3. The zero-order valence-electron chi connectivity index (χ0n) is 11.0. The van der Waals surface area contributed by atoms with E-state index in [9.17, 15) is 9.59 Å². The summed E-state index contributed by atoms with van der Waals surface area (Å²) in [5.74, 6) is -1.46. The SMILES string of the molecule is CC(C)OCCCNC(=O)c1cc(C(=O)O)ccn1. The molecule has 0 aliphatic rings. The lowest BCUT2D eigenvalue weighted by atomic mass is 10.2. The number of carbonyl (C=O) groups is 2. The van der Waals surface area contributed by atoms with E-state index in [4.69, 9.17) is 9.84 Å². The molecule has 6 nitrogen and oxygen atoms in total. The fraction of sp³-hybridized carbons (Fsp3) is 0.462. The molecule has 1 amide bonds. The van der Waals surface area contributed by atoms with Crippen LogP contribution in [0.3, 0.4) is 0 Å². The summed E-state index contributed by atoms with van der Waals surface area (Å²) in [6.07, 6.45) is 2.17. The molecule has 6 heteroatoms. The molecule has 0 aromatic carbocycles. The molecule has 104 valence electrons. The van der Waals surface area contributed by atoms with Gasteiger partial charge in [-0.2, -0.15) is 0 Å². The highest BCUT2D eigenvalue weighted by molar-refractivity contribution is 5.95. The zero-order chi connectivity index (χ0) is 14.3. The van der Waals surface area contributed by atoms with Gasteiger partial charge in [0.15, 0.2) is 0 Å². The van der Waals surface area contributed by atoms with Crippen LogP contribution in [-0.4, -0.2) is 41.2 Å². The largest absolute Gasteiger partial charge is 0.478 e. The predicted molar refractivity (Wildman–Crippen MR) is 69.2 cm³/mol. The topological polar surface area (TPSA) is 88.5 Å². The molecule has 19 heavy (non-hydrogen) atoms.